The maximum absolute atomic E-state index is 13.4. The van der Waals surface area contributed by atoms with E-state index in [-0.39, 0.29) is 11.8 Å². The molecule has 0 spiro atoms. The summed E-state index contributed by atoms with van der Waals surface area (Å²) >= 11 is 1.20. The number of halogens is 1. The van der Waals surface area contributed by atoms with E-state index in [1.54, 1.807) is 6.20 Å². The number of nitrogens with one attached hydrogen (secondary N) is 3. The fourth-order valence-electron chi connectivity index (χ4n) is 4.47. The molecule has 0 bridgehead atoms. The molecule has 8 nitrogen and oxygen atoms in total. The van der Waals surface area contributed by atoms with Crippen molar-refractivity contribution in [3.8, 4) is 0 Å². The number of fused-ring (bicyclic) bond motifs is 1. The van der Waals surface area contributed by atoms with Crippen molar-refractivity contribution in [2.45, 2.75) is 30.5 Å². The first-order valence-electron chi connectivity index (χ1n) is 12.4. The van der Waals surface area contributed by atoms with E-state index in [9.17, 15) is 9.18 Å². The molecule has 0 aliphatic carbocycles. The van der Waals surface area contributed by atoms with Crippen LogP contribution in [0.25, 0.3) is 11.0 Å². The van der Waals surface area contributed by atoms with E-state index >= 15 is 0 Å². The number of hydrogen-bond acceptors (Lipinski definition) is 6. The maximum Gasteiger partial charge on any atom is 0.325 e. The summed E-state index contributed by atoms with van der Waals surface area (Å²) in [6.45, 7) is 3.90. The minimum Gasteiger partial charge on any atom is -0.353 e. The topological polar surface area (TPSA) is 87.1 Å². The molecule has 192 valence electrons. The number of anilines is 1. The van der Waals surface area contributed by atoms with Crippen molar-refractivity contribution in [2.24, 2.45) is 0 Å². The van der Waals surface area contributed by atoms with E-state index in [0.29, 0.717) is 19.1 Å². The van der Waals surface area contributed by atoms with Gasteiger partial charge in [0.2, 0.25) is 5.95 Å². The van der Waals surface area contributed by atoms with Crippen LogP contribution >= 0.6 is 11.9 Å². The smallest absolute Gasteiger partial charge is 0.325 e. The molecular formula is C27H30FN7OS. The predicted octanol–water partition coefficient (Wildman–Crippen LogP) is 4.50. The molecule has 1 fully saturated rings. The number of urea groups is 1. The number of carbonyl (C=O) groups excluding carboxylic acids is 1. The van der Waals surface area contributed by atoms with E-state index in [1.807, 2.05) is 48.5 Å². The molecule has 37 heavy (non-hydrogen) atoms. The van der Waals surface area contributed by atoms with Crippen molar-refractivity contribution >= 4 is 35.0 Å². The third kappa shape index (κ3) is 6.78. The number of para-hydroxylation sites is 2. The summed E-state index contributed by atoms with van der Waals surface area (Å²) in [5.41, 5.74) is 3.02. The summed E-state index contributed by atoms with van der Waals surface area (Å²) in [5, 5.41) is 7.32. The largest absolute Gasteiger partial charge is 0.353 e. The average Bonchev–Trinajstić information content (AvgIpc) is 3.27. The second-order valence-electron chi connectivity index (χ2n) is 9.02. The highest BCUT2D eigenvalue weighted by atomic mass is 32.2. The van der Waals surface area contributed by atoms with Crippen LogP contribution in [0, 0.1) is 5.82 Å². The van der Waals surface area contributed by atoms with E-state index in [1.165, 1.54) is 24.1 Å². The molecule has 10 heteroatoms. The Kier molecular flexibility index (Phi) is 8.17. The van der Waals surface area contributed by atoms with Crippen molar-refractivity contribution in [1.29, 1.82) is 0 Å². The molecule has 0 saturated carbocycles. The number of amides is 2. The van der Waals surface area contributed by atoms with Gasteiger partial charge in [-0.1, -0.05) is 30.3 Å². The van der Waals surface area contributed by atoms with Crippen LogP contribution in [0.15, 0.2) is 78.0 Å². The highest BCUT2D eigenvalue weighted by Gasteiger charge is 2.21. The highest BCUT2D eigenvalue weighted by Crippen LogP contribution is 2.24. The molecule has 0 radical (unpaired) electrons. The van der Waals surface area contributed by atoms with Gasteiger partial charge in [0.15, 0.2) is 0 Å². The lowest BCUT2D eigenvalue weighted by atomic mass is 10.1. The Morgan fingerprint density at radius 1 is 1.03 bits per heavy atom. The van der Waals surface area contributed by atoms with Crippen LogP contribution in [0.4, 0.5) is 15.1 Å². The van der Waals surface area contributed by atoms with Crippen LogP contribution < -0.4 is 15.4 Å². The van der Waals surface area contributed by atoms with Crippen molar-refractivity contribution < 1.29 is 9.18 Å². The van der Waals surface area contributed by atoms with Crippen LogP contribution in [0.2, 0.25) is 0 Å². The van der Waals surface area contributed by atoms with Gasteiger partial charge in [0.05, 0.1) is 17.6 Å². The molecule has 2 amide bonds. The Morgan fingerprint density at radius 2 is 1.81 bits per heavy atom. The van der Waals surface area contributed by atoms with Crippen LogP contribution in [-0.2, 0) is 6.54 Å². The van der Waals surface area contributed by atoms with Crippen molar-refractivity contribution in [2.75, 3.05) is 31.5 Å². The van der Waals surface area contributed by atoms with Crippen LogP contribution in [-0.4, -0.2) is 57.7 Å². The molecule has 1 aliphatic heterocycles. The van der Waals surface area contributed by atoms with Gasteiger partial charge in [0, 0.05) is 50.4 Å². The van der Waals surface area contributed by atoms with Gasteiger partial charge < -0.3 is 20.1 Å². The Labute approximate surface area is 219 Å². The Morgan fingerprint density at radius 3 is 2.59 bits per heavy atom. The number of nitrogens with zero attached hydrogens (tertiary/aromatic N) is 4. The number of aromatic nitrogens is 3. The number of benzene rings is 2. The fraction of sp³-hybridized carbons (Fsp3) is 0.296. The quantitative estimate of drug-likeness (QED) is 0.282. The second kappa shape index (κ2) is 12.1. The molecule has 0 unspecified atom stereocenters. The number of piperidine rings is 1. The molecule has 3 N–H and O–H groups in total. The van der Waals surface area contributed by atoms with E-state index in [2.05, 4.69) is 35.9 Å². The van der Waals surface area contributed by atoms with Gasteiger partial charge in [0.1, 0.15) is 10.8 Å². The number of pyridine rings is 1. The number of rotatable bonds is 9. The zero-order valence-electron chi connectivity index (χ0n) is 20.4. The van der Waals surface area contributed by atoms with Gasteiger partial charge in [-0.2, -0.15) is 0 Å². The zero-order chi connectivity index (χ0) is 25.5. The van der Waals surface area contributed by atoms with E-state index in [4.69, 9.17) is 4.98 Å². The van der Waals surface area contributed by atoms with Crippen molar-refractivity contribution in [1.82, 2.24) is 29.5 Å². The third-order valence-electron chi connectivity index (χ3n) is 6.43. The SMILES string of the molecule is O=C(NCCN1CCC(Nc2nc3ccccc3n2Cc2ccc(F)cc2)CC1)NSc1ccccn1. The summed E-state index contributed by atoms with van der Waals surface area (Å²) < 4.78 is 18.3. The molecule has 5 rings (SSSR count). The van der Waals surface area contributed by atoms with Crippen LogP contribution in [0.5, 0.6) is 0 Å². The molecule has 2 aromatic heterocycles. The van der Waals surface area contributed by atoms with Gasteiger partial charge in [0.25, 0.3) is 0 Å². The fourth-order valence-corrected chi connectivity index (χ4v) is 5.00. The highest BCUT2D eigenvalue weighted by molar-refractivity contribution is 7.97. The first-order chi connectivity index (χ1) is 18.1. The molecule has 3 heterocycles. The van der Waals surface area contributed by atoms with Gasteiger partial charge in [-0.15, -0.1) is 0 Å². The molecule has 1 aliphatic rings. The monoisotopic (exact) mass is 519 g/mol. The Balaban J connectivity index is 1.10. The summed E-state index contributed by atoms with van der Waals surface area (Å²) in [6.07, 6.45) is 3.67. The Hall–Kier alpha value is -3.63. The number of hydrogen-bond donors (Lipinski definition) is 3. The third-order valence-corrected chi connectivity index (χ3v) is 7.17. The number of carbonyl (C=O) groups is 1. The lowest BCUT2D eigenvalue weighted by Gasteiger charge is -2.32. The van der Waals surface area contributed by atoms with E-state index in [0.717, 1.165) is 60.0 Å². The van der Waals surface area contributed by atoms with Crippen molar-refractivity contribution in [3.05, 3.63) is 84.3 Å². The molecule has 1 saturated heterocycles. The number of likely N-dealkylation sites (tertiary alicyclic amines) is 1. The van der Waals surface area contributed by atoms with Gasteiger partial charge in [-0.25, -0.2) is 19.2 Å². The summed E-state index contributed by atoms with van der Waals surface area (Å²) in [7, 11) is 0. The van der Waals surface area contributed by atoms with Crippen LogP contribution in [0.3, 0.4) is 0 Å². The molecular weight excluding hydrogens is 489 g/mol. The summed E-state index contributed by atoms with van der Waals surface area (Å²) in [6, 6.07) is 20.4. The van der Waals surface area contributed by atoms with Crippen LogP contribution in [0.1, 0.15) is 18.4 Å². The molecule has 2 aromatic carbocycles. The summed E-state index contributed by atoms with van der Waals surface area (Å²) in [4.78, 5) is 23.4. The van der Waals surface area contributed by atoms with E-state index < -0.39 is 0 Å². The van der Waals surface area contributed by atoms with Gasteiger partial charge in [-0.05, 0) is 54.8 Å². The normalized spacial score (nSPS) is 14.5. The van der Waals surface area contributed by atoms with Gasteiger partial charge in [-0.3, -0.25) is 4.72 Å². The lowest BCUT2D eigenvalue weighted by molar-refractivity contribution is 0.215. The summed E-state index contributed by atoms with van der Waals surface area (Å²) in [5.74, 6) is 0.608. The second-order valence-corrected chi connectivity index (χ2v) is 9.85. The lowest BCUT2D eigenvalue weighted by Crippen LogP contribution is -2.43. The maximum atomic E-state index is 13.4. The van der Waals surface area contributed by atoms with Crippen molar-refractivity contribution in [3.63, 3.8) is 0 Å². The predicted molar refractivity (Wildman–Crippen MR) is 145 cm³/mol. The number of imidazole rings is 1. The Bertz CT molecular complexity index is 1310. The van der Waals surface area contributed by atoms with Gasteiger partial charge >= 0.3 is 6.03 Å². The first kappa shape index (κ1) is 25.0. The standard InChI is InChI=1S/C27H30FN7OS/c28-21-10-8-20(9-11-21)19-35-24-6-2-1-5-23(24)32-26(35)31-22-12-16-34(17-13-22)18-15-30-27(36)33-37-25-7-3-4-14-29-25/h1-11,14,22H,12-13,15-19H2,(H,31,32)(H2,30,33,36). The average molecular weight is 520 g/mol. The minimum absolute atomic E-state index is 0.215. The molecule has 4 aromatic rings. The first-order valence-corrected chi connectivity index (χ1v) is 13.3. The zero-order valence-corrected chi connectivity index (χ0v) is 21.3. The minimum atomic E-state index is -0.233. The molecule has 0 atom stereocenters.